The molecule has 0 radical (unpaired) electrons. The van der Waals surface area contributed by atoms with Gasteiger partial charge in [0.15, 0.2) is 5.78 Å². The molecule has 4 atom stereocenters. The topological polar surface area (TPSA) is 130 Å². The van der Waals surface area contributed by atoms with E-state index in [0.717, 1.165) is 0 Å². The monoisotopic (exact) mass is 371 g/mol. The van der Waals surface area contributed by atoms with Crippen molar-refractivity contribution in [3.63, 3.8) is 0 Å². The molecule has 1 fully saturated rings. The average Bonchev–Trinajstić information content (AvgIpc) is 2.65. The van der Waals surface area contributed by atoms with E-state index in [2.05, 4.69) is 0 Å². The van der Waals surface area contributed by atoms with E-state index in [1.165, 1.54) is 0 Å². The Labute approximate surface area is 156 Å². The summed E-state index contributed by atoms with van der Waals surface area (Å²) in [6.07, 6.45) is -2.79. The van der Waals surface area contributed by atoms with Crippen molar-refractivity contribution in [2.24, 2.45) is 5.92 Å². The van der Waals surface area contributed by atoms with Gasteiger partial charge < -0.3 is 25.8 Å². The molecule has 3 rings (SSSR count). The fraction of sp³-hybridized carbons (Fsp3) is 0.300. The van der Waals surface area contributed by atoms with Gasteiger partial charge in [-0.25, -0.2) is 0 Å². The summed E-state index contributed by atoms with van der Waals surface area (Å²) in [5, 5.41) is 29.2. The minimum absolute atomic E-state index is 0.00854. The van der Waals surface area contributed by atoms with Crippen LogP contribution in [0.5, 0.6) is 5.75 Å². The Balaban J connectivity index is 1.71. The zero-order chi connectivity index (χ0) is 19.6. The van der Waals surface area contributed by atoms with E-state index in [1.807, 2.05) is 0 Å². The van der Waals surface area contributed by atoms with Gasteiger partial charge in [-0.15, -0.1) is 0 Å². The summed E-state index contributed by atoms with van der Waals surface area (Å²) < 4.78 is 5.67. The standard InChI is InChI=1S/C20H21NO6/c21-13-5-1-11(2-6-13)18(23)12-3-7-15(8-4-12)27-17-10-14(22)9-16(19(17)24)20(25)26/h1-8,14,16-17,19,22,24H,9-10,21H2,(H,25,26). The lowest BCUT2D eigenvalue weighted by atomic mass is 9.82. The third kappa shape index (κ3) is 4.27. The molecule has 0 heterocycles. The first-order chi connectivity index (χ1) is 12.8. The molecule has 2 aromatic rings. The molecule has 1 aliphatic rings. The van der Waals surface area contributed by atoms with Crippen LogP contribution in [0.2, 0.25) is 0 Å². The number of ketones is 1. The molecule has 0 aliphatic heterocycles. The van der Waals surface area contributed by atoms with Crippen LogP contribution < -0.4 is 10.5 Å². The number of hydrogen-bond donors (Lipinski definition) is 4. The lowest BCUT2D eigenvalue weighted by Crippen LogP contribution is -2.48. The minimum atomic E-state index is -1.22. The van der Waals surface area contributed by atoms with Crippen molar-refractivity contribution in [2.45, 2.75) is 31.2 Å². The van der Waals surface area contributed by atoms with E-state index in [1.54, 1.807) is 48.5 Å². The molecule has 7 heteroatoms. The Hall–Kier alpha value is -2.90. The number of nitrogen functional groups attached to an aromatic ring is 1. The summed E-state index contributed by atoms with van der Waals surface area (Å²) in [5.41, 5.74) is 7.16. The van der Waals surface area contributed by atoms with Gasteiger partial charge in [0.05, 0.1) is 12.0 Å². The molecule has 2 aromatic carbocycles. The fourth-order valence-corrected chi connectivity index (χ4v) is 3.22. The van der Waals surface area contributed by atoms with E-state index in [0.29, 0.717) is 22.6 Å². The van der Waals surface area contributed by atoms with Crippen LogP contribution in [-0.2, 0) is 4.79 Å². The van der Waals surface area contributed by atoms with Gasteiger partial charge in [0.2, 0.25) is 0 Å². The number of carboxylic acids is 1. The Morgan fingerprint density at radius 2 is 1.48 bits per heavy atom. The molecule has 1 aliphatic carbocycles. The minimum Gasteiger partial charge on any atom is -0.488 e. The van der Waals surface area contributed by atoms with Crippen molar-refractivity contribution in [1.29, 1.82) is 0 Å². The maximum atomic E-state index is 12.5. The van der Waals surface area contributed by atoms with Gasteiger partial charge in [0, 0.05) is 23.2 Å². The van der Waals surface area contributed by atoms with Crippen LogP contribution in [-0.4, -0.2) is 45.4 Å². The zero-order valence-electron chi connectivity index (χ0n) is 14.5. The van der Waals surface area contributed by atoms with Gasteiger partial charge in [-0.2, -0.15) is 0 Å². The van der Waals surface area contributed by atoms with Gasteiger partial charge in [-0.1, -0.05) is 0 Å². The number of aliphatic carboxylic acids is 1. The smallest absolute Gasteiger partial charge is 0.309 e. The predicted molar refractivity (Wildman–Crippen MR) is 97.5 cm³/mol. The van der Waals surface area contributed by atoms with Crippen molar-refractivity contribution >= 4 is 17.4 Å². The van der Waals surface area contributed by atoms with Crippen LogP contribution in [0.4, 0.5) is 5.69 Å². The number of hydrogen-bond acceptors (Lipinski definition) is 6. The number of aliphatic hydroxyl groups is 2. The van der Waals surface area contributed by atoms with Gasteiger partial charge in [0.25, 0.3) is 0 Å². The quantitative estimate of drug-likeness (QED) is 0.462. The first-order valence-electron chi connectivity index (χ1n) is 8.61. The second-order valence-corrected chi connectivity index (χ2v) is 6.69. The molecule has 142 valence electrons. The van der Waals surface area contributed by atoms with E-state index < -0.39 is 30.2 Å². The number of aliphatic hydroxyl groups excluding tert-OH is 2. The number of ether oxygens (including phenoxy) is 1. The first kappa shape index (κ1) is 18.9. The summed E-state index contributed by atoms with van der Waals surface area (Å²) in [4.78, 5) is 23.7. The highest BCUT2D eigenvalue weighted by Crippen LogP contribution is 2.29. The van der Waals surface area contributed by atoms with E-state index in [4.69, 9.17) is 15.6 Å². The van der Waals surface area contributed by atoms with Crippen molar-refractivity contribution in [3.8, 4) is 5.75 Å². The number of rotatable bonds is 5. The third-order valence-corrected chi connectivity index (χ3v) is 4.72. The highest BCUT2D eigenvalue weighted by molar-refractivity contribution is 6.09. The maximum absolute atomic E-state index is 12.5. The largest absolute Gasteiger partial charge is 0.488 e. The molecule has 0 bridgehead atoms. The van der Waals surface area contributed by atoms with Crippen LogP contribution in [0.25, 0.3) is 0 Å². The highest BCUT2D eigenvalue weighted by Gasteiger charge is 2.41. The molecule has 4 unspecified atom stereocenters. The Bertz CT molecular complexity index is 817. The molecule has 0 spiro atoms. The number of anilines is 1. The van der Waals surface area contributed by atoms with Gasteiger partial charge in [0.1, 0.15) is 18.0 Å². The molecular weight excluding hydrogens is 350 g/mol. The summed E-state index contributed by atoms with van der Waals surface area (Å²) in [7, 11) is 0. The number of carbonyl (C=O) groups is 2. The molecule has 0 amide bonds. The number of benzene rings is 2. The number of carbonyl (C=O) groups excluding carboxylic acids is 1. The van der Waals surface area contributed by atoms with Crippen LogP contribution in [0.15, 0.2) is 48.5 Å². The second kappa shape index (κ2) is 7.77. The SMILES string of the molecule is Nc1ccc(C(=O)c2ccc(OC3CC(O)CC(C(=O)O)C3O)cc2)cc1. The lowest BCUT2D eigenvalue weighted by Gasteiger charge is -2.35. The zero-order valence-corrected chi connectivity index (χ0v) is 14.5. The van der Waals surface area contributed by atoms with Gasteiger partial charge in [-0.3, -0.25) is 9.59 Å². The molecular formula is C20H21NO6. The maximum Gasteiger partial charge on any atom is 0.309 e. The Morgan fingerprint density at radius 1 is 0.926 bits per heavy atom. The number of carboxylic acid groups (broad SMARTS) is 1. The van der Waals surface area contributed by atoms with Crippen LogP contribution in [0.3, 0.4) is 0 Å². The Kier molecular flexibility index (Phi) is 5.43. The lowest BCUT2D eigenvalue weighted by molar-refractivity contribution is -0.155. The van der Waals surface area contributed by atoms with Crippen LogP contribution in [0, 0.1) is 5.92 Å². The first-order valence-corrected chi connectivity index (χ1v) is 8.61. The molecule has 1 saturated carbocycles. The van der Waals surface area contributed by atoms with Crippen LogP contribution >= 0.6 is 0 Å². The molecule has 0 aromatic heterocycles. The summed E-state index contributed by atoms with van der Waals surface area (Å²) in [5.74, 6) is -2.03. The van der Waals surface area contributed by atoms with Crippen LogP contribution in [0.1, 0.15) is 28.8 Å². The Morgan fingerprint density at radius 3 is 2.04 bits per heavy atom. The van der Waals surface area contributed by atoms with E-state index in [9.17, 15) is 19.8 Å². The molecule has 5 N–H and O–H groups in total. The third-order valence-electron chi connectivity index (χ3n) is 4.72. The summed E-state index contributed by atoms with van der Waals surface area (Å²) >= 11 is 0. The number of nitrogens with two attached hydrogens (primary N) is 1. The van der Waals surface area contributed by atoms with Crippen molar-refractivity contribution in [1.82, 2.24) is 0 Å². The fourth-order valence-electron chi connectivity index (χ4n) is 3.22. The summed E-state index contributed by atoms with van der Waals surface area (Å²) in [6, 6.07) is 12.9. The summed E-state index contributed by atoms with van der Waals surface area (Å²) in [6.45, 7) is 0. The van der Waals surface area contributed by atoms with Crippen molar-refractivity contribution in [3.05, 3.63) is 59.7 Å². The van der Waals surface area contributed by atoms with E-state index >= 15 is 0 Å². The molecule has 0 saturated heterocycles. The van der Waals surface area contributed by atoms with Gasteiger partial charge >= 0.3 is 5.97 Å². The second-order valence-electron chi connectivity index (χ2n) is 6.69. The average molecular weight is 371 g/mol. The predicted octanol–water partition coefficient (Wildman–Crippen LogP) is 1.46. The highest BCUT2D eigenvalue weighted by atomic mass is 16.5. The molecule has 7 nitrogen and oxygen atoms in total. The molecule has 27 heavy (non-hydrogen) atoms. The van der Waals surface area contributed by atoms with Crippen molar-refractivity contribution < 1.29 is 29.6 Å². The van der Waals surface area contributed by atoms with Crippen molar-refractivity contribution in [2.75, 3.05) is 5.73 Å². The van der Waals surface area contributed by atoms with Gasteiger partial charge in [-0.05, 0) is 55.0 Å². The van der Waals surface area contributed by atoms with E-state index in [-0.39, 0.29) is 18.6 Å². The normalized spacial score (nSPS) is 25.0.